The normalized spacial score (nSPS) is 10.2. The molecule has 1 radical (unpaired) electrons. The summed E-state index contributed by atoms with van der Waals surface area (Å²) in [6, 6.07) is 1.81. The molecule has 0 bridgehead atoms. The van der Waals surface area contributed by atoms with Gasteiger partial charge in [0.25, 0.3) is 0 Å². The van der Waals surface area contributed by atoms with E-state index in [1.54, 1.807) is 23.3 Å². The molecule has 4 nitrogen and oxygen atoms in total. The van der Waals surface area contributed by atoms with Gasteiger partial charge in [0.1, 0.15) is 11.4 Å². The molecule has 65 valence electrons. The lowest BCUT2D eigenvalue weighted by Crippen LogP contribution is -1.95. The van der Waals surface area contributed by atoms with Crippen LogP contribution in [0.2, 0.25) is 0 Å². The van der Waals surface area contributed by atoms with Gasteiger partial charge in [0.2, 0.25) is 0 Å². The second-order valence-electron chi connectivity index (χ2n) is 2.57. The third kappa shape index (κ3) is 1.56. The molecule has 0 atom stereocenters. The molecule has 4 heteroatoms. The van der Waals surface area contributed by atoms with Crippen LogP contribution in [0.3, 0.4) is 0 Å². The minimum absolute atomic E-state index is 0.783. The van der Waals surface area contributed by atoms with E-state index < -0.39 is 0 Å². The van der Waals surface area contributed by atoms with E-state index in [-0.39, 0.29) is 0 Å². The predicted molar refractivity (Wildman–Crippen MR) is 47.8 cm³/mol. The first-order chi connectivity index (χ1) is 6.40. The lowest BCUT2D eigenvalue weighted by molar-refractivity contribution is 0.656. The third-order valence-corrected chi connectivity index (χ3v) is 1.70. The van der Waals surface area contributed by atoms with E-state index in [1.807, 2.05) is 13.0 Å². The highest BCUT2D eigenvalue weighted by molar-refractivity contribution is 5.50. The fourth-order valence-electron chi connectivity index (χ4n) is 1.04. The summed E-state index contributed by atoms with van der Waals surface area (Å²) in [6.07, 6.45) is 7.98. The molecule has 0 aliphatic carbocycles. The Morgan fingerprint density at radius 1 is 1.38 bits per heavy atom. The molecule has 0 saturated carbocycles. The van der Waals surface area contributed by atoms with Gasteiger partial charge in [-0.25, -0.2) is 0 Å². The van der Waals surface area contributed by atoms with E-state index in [9.17, 15) is 0 Å². The number of hydrogen-bond donors (Lipinski definition) is 0. The van der Waals surface area contributed by atoms with Crippen LogP contribution in [0, 0.1) is 6.20 Å². The maximum Gasteiger partial charge on any atom is 0.113 e. The summed E-state index contributed by atoms with van der Waals surface area (Å²) in [4.78, 5) is 8.11. The second kappa shape index (κ2) is 3.35. The molecule has 0 spiro atoms. The lowest BCUT2D eigenvalue weighted by atomic mass is 10.3. The van der Waals surface area contributed by atoms with Crippen molar-refractivity contribution in [2.75, 3.05) is 0 Å². The van der Waals surface area contributed by atoms with Crippen molar-refractivity contribution in [1.29, 1.82) is 0 Å². The zero-order chi connectivity index (χ0) is 9.10. The molecular weight excluding hydrogens is 164 g/mol. The number of nitrogens with zero attached hydrogens (tertiary/aromatic N) is 4. The van der Waals surface area contributed by atoms with Crippen LogP contribution in [0.15, 0.2) is 24.7 Å². The van der Waals surface area contributed by atoms with Gasteiger partial charge < -0.3 is 0 Å². The molecule has 13 heavy (non-hydrogen) atoms. The van der Waals surface area contributed by atoms with Crippen LogP contribution in [0.4, 0.5) is 0 Å². The van der Waals surface area contributed by atoms with Crippen LogP contribution >= 0.6 is 0 Å². The zero-order valence-corrected chi connectivity index (χ0v) is 7.31. The molecule has 0 aromatic carbocycles. The van der Waals surface area contributed by atoms with Crippen LogP contribution in [0.25, 0.3) is 11.4 Å². The average Bonchev–Trinajstić information content (AvgIpc) is 2.67. The maximum absolute atomic E-state index is 4.26. The maximum atomic E-state index is 4.26. The minimum Gasteiger partial charge on any atom is -0.263 e. The smallest absolute Gasteiger partial charge is 0.113 e. The van der Waals surface area contributed by atoms with E-state index in [0.29, 0.717) is 0 Å². The molecule has 0 aliphatic heterocycles. The molecule has 0 unspecified atom stereocenters. The Bertz CT molecular complexity index is 380. The monoisotopic (exact) mass is 173 g/mol. The standard InChI is InChI=1S/C9H9N4/c1-2-13-6-3-8(12-13)9-7-10-4-5-11-9/h3-5,7H,2H2,1H3. The summed E-state index contributed by atoms with van der Waals surface area (Å²) in [5.74, 6) is 0. The number of aryl methyl sites for hydroxylation is 1. The summed E-state index contributed by atoms with van der Waals surface area (Å²) in [6.45, 7) is 2.84. The van der Waals surface area contributed by atoms with Crippen LogP contribution in [0.5, 0.6) is 0 Å². The van der Waals surface area contributed by atoms with Crippen molar-refractivity contribution in [3.05, 3.63) is 30.9 Å². The fraction of sp³-hybridized carbons (Fsp3) is 0.222. The van der Waals surface area contributed by atoms with Gasteiger partial charge in [-0.05, 0) is 13.0 Å². The van der Waals surface area contributed by atoms with E-state index in [1.165, 1.54) is 0 Å². The van der Waals surface area contributed by atoms with Crippen molar-refractivity contribution in [3.63, 3.8) is 0 Å². The average molecular weight is 173 g/mol. The first kappa shape index (κ1) is 7.91. The van der Waals surface area contributed by atoms with Gasteiger partial charge in [0.15, 0.2) is 0 Å². The molecule has 0 aliphatic rings. The lowest BCUT2D eigenvalue weighted by Gasteiger charge is -1.93. The topological polar surface area (TPSA) is 43.6 Å². The van der Waals surface area contributed by atoms with Gasteiger partial charge in [0, 0.05) is 18.9 Å². The molecule has 2 aromatic rings. The molecule has 0 fully saturated rings. The van der Waals surface area contributed by atoms with Gasteiger partial charge in [-0.2, -0.15) is 5.10 Å². The summed E-state index contributed by atoms with van der Waals surface area (Å²) >= 11 is 0. The Morgan fingerprint density at radius 2 is 2.31 bits per heavy atom. The molecule has 0 amide bonds. The van der Waals surface area contributed by atoms with Gasteiger partial charge in [-0.3, -0.25) is 14.6 Å². The van der Waals surface area contributed by atoms with E-state index >= 15 is 0 Å². The summed E-state index contributed by atoms with van der Waals surface area (Å²) < 4.78 is 1.74. The van der Waals surface area contributed by atoms with E-state index in [4.69, 9.17) is 0 Å². The van der Waals surface area contributed by atoms with Crippen LogP contribution in [-0.2, 0) is 6.54 Å². The predicted octanol–water partition coefficient (Wildman–Crippen LogP) is 1.16. The Balaban J connectivity index is 2.36. The number of aromatic nitrogens is 4. The van der Waals surface area contributed by atoms with Crippen molar-refractivity contribution in [1.82, 2.24) is 19.7 Å². The summed E-state index contributed by atoms with van der Waals surface area (Å²) in [5, 5.41) is 4.26. The SMILES string of the molecule is CCn1[c]cc(-c2cnccn2)n1. The summed E-state index contributed by atoms with van der Waals surface area (Å²) in [7, 11) is 0. The minimum atomic E-state index is 0.783. The first-order valence-corrected chi connectivity index (χ1v) is 4.12. The van der Waals surface area contributed by atoms with E-state index in [2.05, 4.69) is 21.3 Å². The van der Waals surface area contributed by atoms with Gasteiger partial charge in [-0.15, -0.1) is 0 Å². The van der Waals surface area contributed by atoms with Crippen molar-refractivity contribution < 1.29 is 0 Å². The Morgan fingerprint density at radius 3 is 2.92 bits per heavy atom. The molecule has 2 rings (SSSR count). The van der Waals surface area contributed by atoms with Crippen molar-refractivity contribution in [2.45, 2.75) is 13.5 Å². The highest BCUT2D eigenvalue weighted by Gasteiger charge is 2.01. The number of rotatable bonds is 2. The van der Waals surface area contributed by atoms with Crippen molar-refractivity contribution >= 4 is 0 Å². The van der Waals surface area contributed by atoms with E-state index in [0.717, 1.165) is 17.9 Å². The largest absolute Gasteiger partial charge is 0.263 e. The molecule has 0 saturated heterocycles. The molecule has 2 aromatic heterocycles. The van der Waals surface area contributed by atoms with Crippen LogP contribution in [-0.4, -0.2) is 19.7 Å². The molecule has 2 heterocycles. The first-order valence-electron chi connectivity index (χ1n) is 4.12. The Labute approximate surface area is 76.3 Å². The molecular formula is C9H9N4. The van der Waals surface area contributed by atoms with Gasteiger partial charge in [-0.1, -0.05) is 0 Å². The highest BCUT2D eigenvalue weighted by Crippen LogP contribution is 2.10. The van der Waals surface area contributed by atoms with Gasteiger partial charge >= 0.3 is 0 Å². The van der Waals surface area contributed by atoms with Crippen molar-refractivity contribution in [3.8, 4) is 11.4 Å². The molecule has 0 N–H and O–H groups in total. The van der Waals surface area contributed by atoms with Gasteiger partial charge in [0.05, 0.1) is 12.4 Å². The number of hydrogen-bond acceptors (Lipinski definition) is 3. The zero-order valence-electron chi connectivity index (χ0n) is 7.31. The third-order valence-electron chi connectivity index (χ3n) is 1.70. The second-order valence-corrected chi connectivity index (χ2v) is 2.57. The fourth-order valence-corrected chi connectivity index (χ4v) is 1.04. The van der Waals surface area contributed by atoms with Crippen LogP contribution in [0.1, 0.15) is 6.92 Å². The Kier molecular flexibility index (Phi) is 2.04. The highest BCUT2D eigenvalue weighted by atomic mass is 15.3. The quantitative estimate of drug-likeness (QED) is 0.684. The summed E-state index contributed by atoms with van der Waals surface area (Å²) in [5.41, 5.74) is 1.60. The van der Waals surface area contributed by atoms with Crippen LogP contribution < -0.4 is 0 Å². The Hall–Kier alpha value is -1.71. The van der Waals surface area contributed by atoms with Crippen molar-refractivity contribution in [2.24, 2.45) is 0 Å².